The monoisotopic (exact) mass is 164 g/mol. The molecule has 0 aromatic carbocycles. The minimum Gasteiger partial charge on any atom is -0.474 e. The van der Waals surface area contributed by atoms with E-state index in [1.54, 1.807) is 6.20 Å². The van der Waals surface area contributed by atoms with Gasteiger partial charge in [-0.15, -0.1) is 0 Å². The topological polar surface area (TPSA) is 25.4 Å². The van der Waals surface area contributed by atoms with Gasteiger partial charge in [-0.3, -0.25) is 0 Å². The minimum absolute atomic E-state index is 0.736. The number of anilines is 1. The molecule has 1 aliphatic heterocycles. The Bertz CT molecular complexity index is 299. The Labute approximate surface area is 72.0 Å². The summed E-state index contributed by atoms with van der Waals surface area (Å²) in [5.74, 6) is 0.767. The Hall–Kier alpha value is -1.25. The number of likely N-dealkylation sites (N-methyl/N-ethyl adjacent to an activating group) is 1. The van der Waals surface area contributed by atoms with Gasteiger partial charge in [0.15, 0.2) is 0 Å². The fourth-order valence-electron chi connectivity index (χ4n) is 1.49. The van der Waals surface area contributed by atoms with E-state index >= 15 is 0 Å². The average Bonchev–Trinajstić information content (AvgIpc) is 2.04. The fraction of sp³-hybridized carbons (Fsp3) is 0.444. The lowest BCUT2D eigenvalue weighted by atomic mass is 10.2. The van der Waals surface area contributed by atoms with E-state index in [1.807, 2.05) is 6.07 Å². The van der Waals surface area contributed by atoms with E-state index in [2.05, 4.69) is 23.9 Å². The van der Waals surface area contributed by atoms with Crippen LogP contribution in [0.3, 0.4) is 0 Å². The van der Waals surface area contributed by atoms with Crippen LogP contribution in [0.25, 0.3) is 0 Å². The van der Waals surface area contributed by atoms with Crippen molar-refractivity contribution >= 4 is 5.69 Å². The van der Waals surface area contributed by atoms with Crippen molar-refractivity contribution in [2.45, 2.75) is 6.92 Å². The summed E-state index contributed by atoms with van der Waals surface area (Å²) in [6, 6.07) is 2.00. The molecule has 1 aromatic rings. The Kier molecular flexibility index (Phi) is 1.64. The van der Waals surface area contributed by atoms with Gasteiger partial charge in [-0.1, -0.05) is 0 Å². The Morgan fingerprint density at radius 3 is 3.17 bits per heavy atom. The number of aryl methyl sites for hydroxylation is 1. The molecule has 3 nitrogen and oxygen atoms in total. The van der Waals surface area contributed by atoms with E-state index in [4.69, 9.17) is 4.74 Å². The van der Waals surface area contributed by atoms with Gasteiger partial charge in [-0.25, -0.2) is 4.98 Å². The number of pyridine rings is 1. The maximum absolute atomic E-state index is 5.42. The first-order valence-corrected chi connectivity index (χ1v) is 4.08. The molecule has 64 valence electrons. The summed E-state index contributed by atoms with van der Waals surface area (Å²) < 4.78 is 5.42. The molecule has 0 atom stereocenters. The van der Waals surface area contributed by atoms with Crippen molar-refractivity contribution < 1.29 is 4.74 Å². The van der Waals surface area contributed by atoms with Crippen LogP contribution < -0.4 is 9.64 Å². The lowest BCUT2D eigenvalue weighted by Gasteiger charge is -2.27. The smallest absolute Gasteiger partial charge is 0.237 e. The number of rotatable bonds is 0. The van der Waals surface area contributed by atoms with Gasteiger partial charge in [0, 0.05) is 13.2 Å². The van der Waals surface area contributed by atoms with Crippen LogP contribution in [0.5, 0.6) is 5.88 Å². The molecule has 0 N–H and O–H groups in total. The van der Waals surface area contributed by atoms with Crippen molar-refractivity contribution in [1.82, 2.24) is 4.98 Å². The molecule has 1 aromatic heterocycles. The van der Waals surface area contributed by atoms with Crippen molar-refractivity contribution in [3.8, 4) is 5.88 Å². The zero-order chi connectivity index (χ0) is 8.55. The van der Waals surface area contributed by atoms with Crippen LogP contribution in [0, 0.1) is 6.92 Å². The third-order valence-corrected chi connectivity index (χ3v) is 2.14. The average molecular weight is 164 g/mol. The number of hydrogen-bond donors (Lipinski definition) is 0. The molecule has 0 saturated carbocycles. The normalized spacial score (nSPS) is 15.3. The highest BCUT2D eigenvalue weighted by atomic mass is 16.5. The number of nitrogens with zero attached hydrogens (tertiary/aromatic N) is 2. The van der Waals surface area contributed by atoms with Gasteiger partial charge >= 0.3 is 0 Å². The number of ether oxygens (including phenoxy) is 1. The standard InChI is InChI=1S/C9H12N2O/c1-7-3-4-10-9-8(7)11(2)5-6-12-9/h3-4H,5-6H2,1-2H3. The molecule has 2 rings (SSSR count). The SMILES string of the molecule is Cc1ccnc2c1N(C)CCO2. The van der Waals surface area contributed by atoms with Crippen LogP contribution in [0.2, 0.25) is 0 Å². The van der Waals surface area contributed by atoms with E-state index in [9.17, 15) is 0 Å². The molecule has 12 heavy (non-hydrogen) atoms. The molecule has 0 aliphatic carbocycles. The maximum atomic E-state index is 5.42. The van der Waals surface area contributed by atoms with E-state index in [0.29, 0.717) is 0 Å². The molecule has 0 amide bonds. The molecule has 0 saturated heterocycles. The van der Waals surface area contributed by atoms with Crippen molar-refractivity contribution in [2.75, 3.05) is 25.1 Å². The second-order valence-electron chi connectivity index (χ2n) is 3.05. The first kappa shape index (κ1) is 7.40. The van der Waals surface area contributed by atoms with Gasteiger partial charge in [0.2, 0.25) is 5.88 Å². The largest absolute Gasteiger partial charge is 0.474 e. The van der Waals surface area contributed by atoms with Crippen molar-refractivity contribution in [1.29, 1.82) is 0 Å². The summed E-state index contributed by atoms with van der Waals surface area (Å²) in [6.07, 6.45) is 1.79. The van der Waals surface area contributed by atoms with Gasteiger partial charge in [-0.2, -0.15) is 0 Å². The van der Waals surface area contributed by atoms with Crippen LogP contribution in [-0.2, 0) is 0 Å². The summed E-state index contributed by atoms with van der Waals surface area (Å²) in [7, 11) is 2.07. The zero-order valence-corrected chi connectivity index (χ0v) is 7.37. The Morgan fingerprint density at radius 1 is 1.58 bits per heavy atom. The quantitative estimate of drug-likeness (QED) is 0.576. The second kappa shape index (κ2) is 2.66. The van der Waals surface area contributed by atoms with E-state index in [-0.39, 0.29) is 0 Å². The maximum Gasteiger partial charge on any atom is 0.237 e. The summed E-state index contributed by atoms with van der Waals surface area (Å²) in [6.45, 7) is 3.76. The van der Waals surface area contributed by atoms with Gasteiger partial charge < -0.3 is 9.64 Å². The lowest BCUT2D eigenvalue weighted by molar-refractivity contribution is 0.298. The highest BCUT2D eigenvalue weighted by molar-refractivity contribution is 5.60. The molecule has 0 spiro atoms. The molecule has 0 radical (unpaired) electrons. The van der Waals surface area contributed by atoms with Crippen LogP contribution in [0.1, 0.15) is 5.56 Å². The Balaban J connectivity index is 2.53. The highest BCUT2D eigenvalue weighted by Crippen LogP contribution is 2.30. The lowest BCUT2D eigenvalue weighted by Crippen LogP contribution is -2.29. The van der Waals surface area contributed by atoms with Gasteiger partial charge in [-0.05, 0) is 18.6 Å². The second-order valence-corrected chi connectivity index (χ2v) is 3.05. The van der Waals surface area contributed by atoms with E-state index in [0.717, 1.165) is 24.7 Å². The van der Waals surface area contributed by atoms with Crippen LogP contribution in [0.4, 0.5) is 5.69 Å². The van der Waals surface area contributed by atoms with Gasteiger partial charge in [0.1, 0.15) is 12.3 Å². The summed E-state index contributed by atoms with van der Waals surface area (Å²) in [5.41, 5.74) is 2.35. The molecular weight excluding hydrogens is 152 g/mol. The van der Waals surface area contributed by atoms with Crippen LogP contribution in [0.15, 0.2) is 12.3 Å². The van der Waals surface area contributed by atoms with Crippen LogP contribution in [-0.4, -0.2) is 25.2 Å². The van der Waals surface area contributed by atoms with Crippen molar-refractivity contribution in [3.05, 3.63) is 17.8 Å². The third kappa shape index (κ3) is 1.02. The first-order chi connectivity index (χ1) is 5.79. The summed E-state index contributed by atoms with van der Waals surface area (Å²) in [5, 5.41) is 0. The third-order valence-electron chi connectivity index (χ3n) is 2.14. The molecule has 3 heteroatoms. The zero-order valence-electron chi connectivity index (χ0n) is 7.37. The summed E-state index contributed by atoms with van der Waals surface area (Å²) >= 11 is 0. The number of aromatic nitrogens is 1. The highest BCUT2D eigenvalue weighted by Gasteiger charge is 2.17. The van der Waals surface area contributed by atoms with Crippen molar-refractivity contribution in [2.24, 2.45) is 0 Å². The van der Waals surface area contributed by atoms with Gasteiger partial charge in [0.05, 0.1) is 6.54 Å². The fourth-order valence-corrected chi connectivity index (χ4v) is 1.49. The molecule has 0 bridgehead atoms. The van der Waals surface area contributed by atoms with E-state index < -0.39 is 0 Å². The number of fused-ring (bicyclic) bond motifs is 1. The molecule has 2 heterocycles. The predicted molar refractivity (Wildman–Crippen MR) is 47.7 cm³/mol. The minimum atomic E-state index is 0.736. The molecule has 1 aliphatic rings. The van der Waals surface area contributed by atoms with Gasteiger partial charge in [0.25, 0.3) is 0 Å². The first-order valence-electron chi connectivity index (χ1n) is 4.08. The Morgan fingerprint density at radius 2 is 2.42 bits per heavy atom. The summed E-state index contributed by atoms with van der Waals surface area (Å²) in [4.78, 5) is 6.35. The van der Waals surface area contributed by atoms with E-state index in [1.165, 1.54) is 5.56 Å². The van der Waals surface area contributed by atoms with Crippen molar-refractivity contribution in [3.63, 3.8) is 0 Å². The molecule has 0 unspecified atom stereocenters. The number of hydrogen-bond acceptors (Lipinski definition) is 3. The predicted octanol–water partition coefficient (Wildman–Crippen LogP) is 1.22. The molecule has 0 fully saturated rings. The molecular formula is C9H12N2O. The van der Waals surface area contributed by atoms with Crippen LogP contribution >= 0.6 is 0 Å².